The van der Waals surface area contributed by atoms with Crippen LogP contribution in [0, 0.1) is 13.8 Å². The Balaban J connectivity index is 2.25. The van der Waals surface area contributed by atoms with Crippen molar-refractivity contribution < 1.29 is 14.3 Å². The molecule has 1 saturated heterocycles. The average molecular weight is 291 g/mol. The van der Waals surface area contributed by atoms with Gasteiger partial charge in [0.2, 0.25) is 0 Å². The third kappa shape index (κ3) is 3.22. The molecule has 0 radical (unpaired) electrons. The fourth-order valence-electron chi connectivity index (χ4n) is 1.99. The number of hydrogen-bond donors (Lipinski definition) is 1. The first-order valence-corrected chi connectivity index (χ1v) is 7.37. The second-order valence-electron chi connectivity index (χ2n) is 4.69. The lowest BCUT2D eigenvalue weighted by Gasteiger charge is -2.11. The molecular formula is C15H17NO3S. The highest BCUT2D eigenvalue weighted by molar-refractivity contribution is 8.03. The van der Waals surface area contributed by atoms with Crippen molar-refractivity contribution in [3.63, 3.8) is 0 Å². The van der Waals surface area contributed by atoms with Crippen LogP contribution in [0.5, 0.6) is 0 Å². The van der Waals surface area contributed by atoms with Crippen LogP contribution in [0.2, 0.25) is 0 Å². The van der Waals surface area contributed by atoms with E-state index >= 15 is 0 Å². The molecule has 1 aliphatic rings. The summed E-state index contributed by atoms with van der Waals surface area (Å²) in [6.45, 7) is 5.83. The number of aryl methyl sites for hydroxylation is 2. The zero-order valence-electron chi connectivity index (χ0n) is 11.8. The summed E-state index contributed by atoms with van der Waals surface area (Å²) in [5, 5.41) is 3.22. The number of hydrogen-bond acceptors (Lipinski definition) is 4. The molecule has 1 aromatic carbocycles. The Morgan fingerprint density at radius 3 is 2.60 bits per heavy atom. The Morgan fingerprint density at radius 2 is 2.05 bits per heavy atom. The Kier molecular flexibility index (Phi) is 4.49. The zero-order chi connectivity index (χ0) is 14.7. The minimum atomic E-state index is -0.408. The highest BCUT2D eigenvalue weighted by Crippen LogP contribution is 2.28. The highest BCUT2D eigenvalue weighted by Gasteiger charge is 2.25. The number of nitrogens with one attached hydrogen (secondary N) is 1. The predicted octanol–water partition coefficient (Wildman–Crippen LogP) is 2.81. The van der Waals surface area contributed by atoms with Crippen molar-refractivity contribution in [1.82, 2.24) is 0 Å². The molecule has 0 aliphatic carbocycles. The smallest absolute Gasteiger partial charge is 0.263 e. The van der Waals surface area contributed by atoms with E-state index in [2.05, 4.69) is 5.32 Å². The number of ether oxygens (including phenoxy) is 1. The van der Waals surface area contributed by atoms with E-state index in [9.17, 15) is 9.59 Å². The molecule has 0 saturated carbocycles. The van der Waals surface area contributed by atoms with Crippen LogP contribution in [0.4, 0.5) is 5.69 Å². The van der Waals surface area contributed by atoms with E-state index in [1.165, 1.54) is 18.7 Å². The molecule has 0 bridgehead atoms. The molecule has 2 rings (SSSR count). The van der Waals surface area contributed by atoms with Gasteiger partial charge in [-0.1, -0.05) is 29.5 Å². The van der Waals surface area contributed by atoms with Gasteiger partial charge in [0.05, 0.1) is 6.61 Å². The molecule has 5 heteroatoms. The van der Waals surface area contributed by atoms with Gasteiger partial charge in [-0.25, -0.2) is 0 Å². The molecule has 0 atom stereocenters. The van der Waals surface area contributed by atoms with Crippen LogP contribution >= 0.6 is 11.8 Å². The third-order valence-corrected chi connectivity index (χ3v) is 3.92. The SMILES string of the molecule is CC(=O)/C(C(=O)Nc1ccc(C)cc1C)=C1\OCCS1. The van der Waals surface area contributed by atoms with Gasteiger partial charge >= 0.3 is 0 Å². The number of thioether (sulfide) groups is 1. The topological polar surface area (TPSA) is 55.4 Å². The van der Waals surface area contributed by atoms with Crippen molar-refractivity contribution in [3.8, 4) is 0 Å². The second-order valence-corrected chi connectivity index (χ2v) is 5.76. The van der Waals surface area contributed by atoms with Crippen LogP contribution in [0.3, 0.4) is 0 Å². The van der Waals surface area contributed by atoms with Gasteiger partial charge in [0, 0.05) is 11.4 Å². The van der Waals surface area contributed by atoms with Gasteiger partial charge in [0.25, 0.3) is 5.91 Å². The van der Waals surface area contributed by atoms with Crippen molar-refractivity contribution in [2.24, 2.45) is 0 Å². The first-order chi connectivity index (χ1) is 9.49. The minimum absolute atomic E-state index is 0.104. The fraction of sp³-hybridized carbons (Fsp3) is 0.333. The maximum absolute atomic E-state index is 12.3. The van der Waals surface area contributed by atoms with Gasteiger partial charge in [-0.2, -0.15) is 0 Å². The lowest BCUT2D eigenvalue weighted by molar-refractivity contribution is -0.119. The number of ketones is 1. The van der Waals surface area contributed by atoms with Crippen LogP contribution in [-0.2, 0) is 14.3 Å². The number of anilines is 1. The van der Waals surface area contributed by atoms with Crippen LogP contribution in [-0.4, -0.2) is 24.1 Å². The van der Waals surface area contributed by atoms with E-state index in [1.54, 1.807) is 0 Å². The van der Waals surface area contributed by atoms with Crippen LogP contribution in [0.1, 0.15) is 18.1 Å². The molecule has 106 valence electrons. The summed E-state index contributed by atoms with van der Waals surface area (Å²) in [6.07, 6.45) is 0. The van der Waals surface area contributed by atoms with Crippen molar-refractivity contribution >= 4 is 29.1 Å². The molecule has 20 heavy (non-hydrogen) atoms. The molecule has 1 N–H and O–H groups in total. The van der Waals surface area contributed by atoms with E-state index in [4.69, 9.17) is 4.74 Å². The summed E-state index contributed by atoms with van der Waals surface area (Å²) < 4.78 is 5.35. The van der Waals surface area contributed by atoms with Crippen molar-refractivity contribution in [1.29, 1.82) is 0 Å². The van der Waals surface area contributed by atoms with Crippen molar-refractivity contribution in [3.05, 3.63) is 40.0 Å². The quantitative estimate of drug-likeness (QED) is 0.528. The molecule has 0 spiro atoms. The number of rotatable bonds is 3. The number of benzene rings is 1. The molecule has 1 aromatic rings. The van der Waals surface area contributed by atoms with Gasteiger partial charge in [-0.15, -0.1) is 0 Å². The lowest BCUT2D eigenvalue weighted by atomic mass is 10.1. The number of Topliss-reactive ketones (excluding diaryl/α,β-unsaturated/α-hetero) is 1. The predicted molar refractivity (Wildman–Crippen MR) is 80.7 cm³/mol. The Labute approximate surface area is 122 Å². The van der Waals surface area contributed by atoms with Gasteiger partial charge in [0.15, 0.2) is 10.9 Å². The highest BCUT2D eigenvalue weighted by atomic mass is 32.2. The van der Waals surface area contributed by atoms with Gasteiger partial charge in [-0.05, 0) is 32.4 Å². The van der Waals surface area contributed by atoms with Crippen LogP contribution < -0.4 is 5.32 Å². The normalized spacial score (nSPS) is 16.6. The van der Waals surface area contributed by atoms with Crippen LogP contribution in [0.25, 0.3) is 0 Å². The Hall–Kier alpha value is -1.75. The maximum Gasteiger partial charge on any atom is 0.263 e. The largest absolute Gasteiger partial charge is 0.486 e. The summed E-state index contributed by atoms with van der Waals surface area (Å²) >= 11 is 1.40. The van der Waals surface area contributed by atoms with E-state index in [0.717, 1.165) is 16.9 Å². The minimum Gasteiger partial charge on any atom is -0.486 e. The summed E-state index contributed by atoms with van der Waals surface area (Å²) in [6, 6.07) is 5.74. The standard InChI is InChI=1S/C15H17NO3S/c1-9-4-5-12(10(2)8-9)16-14(18)13(11(3)17)15-19-6-7-20-15/h4-5,8H,6-7H2,1-3H3,(H,16,18)/b15-13-. The first-order valence-electron chi connectivity index (χ1n) is 6.38. The van der Waals surface area contributed by atoms with Crippen molar-refractivity contribution in [2.75, 3.05) is 17.7 Å². The van der Waals surface area contributed by atoms with Crippen molar-refractivity contribution in [2.45, 2.75) is 20.8 Å². The van der Waals surface area contributed by atoms with E-state index in [0.29, 0.717) is 17.4 Å². The molecule has 1 heterocycles. The summed E-state index contributed by atoms with van der Waals surface area (Å²) in [7, 11) is 0. The molecular weight excluding hydrogens is 274 g/mol. The van der Waals surface area contributed by atoms with E-state index < -0.39 is 5.91 Å². The van der Waals surface area contributed by atoms with Gasteiger partial charge in [0.1, 0.15) is 5.57 Å². The Morgan fingerprint density at radius 1 is 1.30 bits per heavy atom. The molecule has 1 fully saturated rings. The maximum atomic E-state index is 12.3. The monoisotopic (exact) mass is 291 g/mol. The molecule has 0 aromatic heterocycles. The molecule has 1 aliphatic heterocycles. The number of carbonyl (C=O) groups excluding carboxylic acids is 2. The zero-order valence-corrected chi connectivity index (χ0v) is 12.6. The van der Waals surface area contributed by atoms with E-state index in [-0.39, 0.29) is 11.4 Å². The Bertz CT molecular complexity index is 585. The van der Waals surface area contributed by atoms with E-state index in [1.807, 2.05) is 32.0 Å². The summed E-state index contributed by atoms with van der Waals surface area (Å²) in [5.74, 6) is 0.0775. The number of carbonyl (C=O) groups is 2. The lowest BCUT2D eigenvalue weighted by Crippen LogP contribution is -2.21. The third-order valence-electron chi connectivity index (χ3n) is 2.96. The van der Waals surface area contributed by atoms with Gasteiger partial charge < -0.3 is 10.1 Å². The fourth-order valence-corrected chi connectivity index (χ4v) is 2.89. The van der Waals surface area contributed by atoms with Gasteiger partial charge in [-0.3, -0.25) is 9.59 Å². The number of amides is 1. The molecule has 0 unspecified atom stereocenters. The molecule has 1 amide bonds. The average Bonchev–Trinajstić information content (AvgIpc) is 2.86. The first kappa shape index (κ1) is 14.7. The summed E-state index contributed by atoms with van der Waals surface area (Å²) in [5.41, 5.74) is 2.90. The second kappa shape index (κ2) is 6.13. The summed E-state index contributed by atoms with van der Waals surface area (Å²) in [4.78, 5) is 24.0. The molecule has 4 nitrogen and oxygen atoms in total. The van der Waals surface area contributed by atoms with Crippen LogP contribution in [0.15, 0.2) is 28.9 Å².